The molecule has 5 heteroatoms. The second-order valence-electron chi connectivity index (χ2n) is 6.08. The maximum Gasteiger partial charge on any atom is 0.195 e. The molecule has 2 nitrogen and oxygen atoms in total. The Kier molecular flexibility index (Phi) is 4.77. The van der Waals surface area contributed by atoms with Crippen molar-refractivity contribution in [1.29, 1.82) is 0 Å². The second kappa shape index (κ2) is 7.08. The molecule has 0 fully saturated rings. The first-order valence-corrected chi connectivity index (χ1v) is 9.66. The lowest BCUT2D eigenvalue weighted by molar-refractivity contribution is 0.103. The smallest absolute Gasteiger partial charge is 0.195 e. The number of benzene rings is 3. The van der Waals surface area contributed by atoms with Crippen LogP contribution in [-0.2, 0) is 0 Å². The number of ketones is 2. The summed E-state index contributed by atoms with van der Waals surface area (Å²) in [6.45, 7) is 0. The van der Waals surface area contributed by atoms with Crippen LogP contribution in [0.2, 0.25) is 10.0 Å². The molecule has 0 aromatic heterocycles. The average Bonchev–Trinajstić information content (AvgIpc) is 2.65. The van der Waals surface area contributed by atoms with Crippen LogP contribution >= 0.6 is 39.1 Å². The highest BCUT2D eigenvalue weighted by atomic mass is 79.9. The van der Waals surface area contributed by atoms with Crippen LogP contribution in [0.25, 0.3) is 5.57 Å². The highest BCUT2D eigenvalue weighted by Gasteiger charge is 2.30. The predicted molar refractivity (Wildman–Crippen MR) is 112 cm³/mol. The third-order valence-electron chi connectivity index (χ3n) is 4.46. The number of hydrogen-bond acceptors (Lipinski definition) is 2. The van der Waals surface area contributed by atoms with E-state index < -0.39 is 0 Å². The first-order valence-electron chi connectivity index (χ1n) is 8.11. The molecule has 0 saturated carbocycles. The van der Waals surface area contributed by atoms with Gasteiger partial charge in [0.15, 0.2) is 11.6 Å². The fourth-order valence-electron chi connectivity index (χ4n) is 3.21. The highest BCUT2D eigenvalue weighted by molar-refractivity contribution is 9.10. The Morgan fingerprint density at radius 1 is 0.815 bits per heavy atom. The zero-order chi connectivity index (χ0) is 19.1. The van der Waals surface area contributed by atoms with Crippen LogP contribution in [0.4, 0.5) is 0 Å². The first kappa shape index (κ1) is 18.2. The number of halogens is 3. The monoisotopic (exact) mass is 456 g/mol. The summed E-state index contributed by atoms with van der Waals surface area (Å²) in [7, 11) is 0. The van der Waals surface area contributed by atoms with Crippen molar-refractivity contribution in [3.8, 4) is 0 Å². The van der Waals surface area contributed by atoms with Crippen LogP contribution < -0.4 is 0 Å². The van der Waals surface area contributed by atoms with Gasteiger partial charge < -0.3 is 0 Å². The van der Waals surface area contributed by atoms with Gasteiger partial charge in [0.1, 0.15) is 0 Å². The van der Waals surface area contributed by atoms with E-state index in [1.165, 1.54) is 6.08 Å². The lowest BCUT2D eigenvalue weighted by Gasteiger charge is -2.23. The quantitative estimate of drug-likeness (QED) is 0.250. The van der Waals surface area contributed by atoms with Gasteiger partial charge >= 0.3 is 0 Å². The van der Waals surface area contributed by atoms with E-state index in [1.807, 2.05) is 12.1 Å². The van der Waals surface area contributed by atoms with Crippen LogP contribution in [-0.4, -0.2) is 11.6 Å². The zero-order valence-corrected chi connectivity index (χ0v) is 16.9. The highest BCUT2D eigenvalue weighted by Crippen LogP contribution is 2.42. The largest absolute Gasteiger partial charge is 0.289 e. The first-order chi connectivity index (χ1) is 13.0. The van der Waals surface area contributed by atoms with Crippen LogP contribution in [0.15, 0.2) is 71.2 Å². The van der Waals surface area contributed by atoms with Crippen molar-refractivity contribution >= 4 is 56.3 Å². The summed E-state index contributed by atoms with van der Waals surface area (Å²) in [6.07, 6.45) is 1.52. The molecule has 0 aliphatic heterocycles. The zero-order valence-electron chi connectivity index (χ0n) is 13.8. The molecule has 0 radical (unpaired) electrons. The molecule has 27 heavy (non-hydrogen) atoms. The van der Waals surface area contributed by atoms with Gasteiger partial charge in [0.05, 0.1) is 5.02 Å². The molecule has 0 spiro atoms. The van der Waals surface area contributed by atoms with Crippen LogP contribution in [0.3, 0.4) is 0 Å². The van der Waals surface area contributed by atoms with Gasteiger partial charge in [-0.1, -0.05) is 63.4 Å². The van der Waals surface area contributed by atoms with Crippen LogP contribution in [0.5, 0.6) is 0 Å². The molecule has 0 atom stereocenters. The summed E-state index contributed by atoms with van der Waals surface area (Å²) in [5.41, 5.74) is 3.14. The maximum atomic E-state index is 13.0. The van der Waals surface area contributed by atoms with Gasteiger partial charge in [-0.2, -0.15) is 0 Å². The summed E-state index contributed by atoms with van der Waals surface area (Å²) in [6, 6.07) is 17.4. The summed E-state index contributed by atoms with van der Waals surface area (Å²) in [5, 5.41) is 0.770. The van der Waals surface area contributed by atoms with E-state index in [4.69, 9.17) is 23.2 Å². The molecule has 132 valence electrons. The van der Waals surface area contributed by atoms with E-state index in [2.05, 4.69) is 15.9 Å². The van der Waals surface area contributed by atoms with E-state index in [0.717, 1.165) is 4.47 Å². The Balaban J connectivity index is 1.97. The normalized spacial score (nSPS) is 14.0. The maximum absolute atomic E-state index is 13.0. The third kappa shape index (κ3) is 3.16. The standard InChI is InChI=1S/C22H11BrCl2O2/c23-13-9-7-12(8-10-13)19(26)11-16-14-3-1-6-18(25)21(14)22(27)15-4-2-5-17(24)20(15)16/h1-11H/b16-11+. The minimum Gasteiger partial charge on any atom is -0.289 e. The Bertz CT molecular complexity index is 1130. The van der Waals surface area contributed by atoms with Gasteiger partial charge in [0.2, 0.25) is 0 Å². The Morgan fingerprint density at radius 3 is 2.07 bits per heavy atom. The van der Waals surface area contributed by atoms with E-state index in [0.29, 0.717) is 43.4 Å². The lowest BCUT2D eigenvalue weighted by Crippen LogP contribution is -2.16. The third-order valence-corrected chi connectivity index (χ3v) is 5.62. The van der Waals surface area contributed by atoms with Crippen molar-refractivity contribution in [2.24, 2.45) is 0 Å². The molecule has 0 heterocycles. The predicted octanol–water partition coefficient (Wildman–Crippen LogP) is 6.61. The van der Waals surface area contributed by atoms with Crippen molar-refractivity contribution < 1.29 is 9.59 Å². The molecule has 3 aromatic rings. The van der Waals surface area contributed by atoms with Gasteiger partial charge in [0.25, 0.3) is 0 Å². The number of hydrogen-bond donors (Lipinski definition) is 0. The molecule has 0 N–H and O–H groups in total. The number of allylic oxidation sites excluding steroid dienone is 1. The lowest BCUT2D eigenvalue weighted by atomic mass is 9.80. The van der Waals surface area contributed by atoms with E-state index in [-0.39, 0.29) is 11.6 Å². The summed E-state index contributed by atoms with van der Waals surface area (Å²) in [4.78, 5) is 25.8. The SMILES string of the molecule is O=C(/C=C1\c2cccc(Cl)c2C(=O)c2cccc(Cl)c21)c1ccc(Br)cc1. The summed E-state index contributed by atoms with van der Waals surface area (Å²) in [5.74, 6) is -0.370. The number of rotatable bonds is 2. The van der Waals surface area contributed by atoms with Gasteiger partial charge in [-0.15, -0.1) is 0 Å². The summed E-state index contributed by atoms with van der Waals surface area (Å²) < 4.78 is 0.889. The summed E-state index contributed by atoms with van der Waals surface area (Å²) >= 11 is 16.1. The average molecular weight is 458 g/mol. The molecule has 0 unspecified atom stereocenters. The Labute approximate surface area is 174 Å². The van der Waals surface area contributed by atoms with E-state index in [9.17, 15) is 9.59 Å². The topological polar surface area (TPSA) is 34.1 Å². The van der Waals surface area contributed by atoms with Gasteiger partial charge in [-0.25, -0.2) is 0 Å². The molecular weight excluding hydrogens is 447 g/mol. The molecule has 1 aliphatic rings. The Morgan fingerprint density at radius 2 is 1.41 bits per heavy atom. The molecule has 0 bridgehead atoms. The van der Waals surface area contributed by atoms with Crippen molar-refractivity contribution in [3.63, 3.8) is 0 Å². The number of fused-ring (bicyclic) bond motifs is 2. The molecule has 1 aliphatic carbocycles. The van der Waals surface area contributed by atoms with Crippen molar-refractivity contribution in [2.75, 3.05) is 0 Å². The fraction of sp³-hybridized carbons (Fsp3) is 0. The molecular formula is C22H11BrCl2O2. The minimum atomic E-state index is -0.193. The fourth-order valence-corrected chi connectivity index (χ4v) is 4.02. The van der Waals surface area contributed by atoms with Crippen molar-refractivity contribution in [3.05, 3.63) is 109 Å². The van der Waals surface area contributed by atoms with Gasteiger partial charge in [-0.05, 0) is 53.6 Å². The van der Waals surface area contributed by atoms with Crippen molar-refractivity contribution in [2.45, 2.75) is 0 Å². The van der Waals surface area contributed by atoms with E-state index in [1.54, 1.807) is 48.5 Å². The molecule has 0 amide bonds. The van der Waals surface area contributed by atoms with Crippen LogP contribution in [0.1, 0.15) is 37.4 Å². The molecule has 3 aromatic carbocycles. The van der Waals surface area contributed by atoms with E-state index >= 15 is 0 Å². The van der Waals surface area contributed by atoms with Crippen molar-refractivity contribution in [1.82, 2.24) is 0 Å². The Hall–Kier alpha value is -2.20. The number of carbonyl (C=O) groups is 2. The minimum absolute atomic E-state index is 0.177. The molecule has 4 rings (SSSR count). The molecule has 0 saturated heterocycles. The number of carbonyl (C=O) groups excluding carboxylic acids is 2. The van der Waals surface area contributed by atoms with Gasteiger partial charge in [-0.3, -0.25) is 9.59 Å². The van der Waals surface area contributed by atoms with Gasteiger partial charge in [0, 0.05) is 31.7 Å². The second-order valence-corrected chi connectivity index (χ2v) is 7.81. The van der Waals surface area contributed by atoms with Crippen LogP contribution in [0, 0.1) is 0 Å².